The zero-order valence-electron chi connectivity index (χ0n) is 20.9. The number of alkyl halides is 2. The van der Waals surface area contributed by atoms with E-state index in [1.807, 2.05) is 12.3 Å². The number of hydrogen-bond donors (Lipinski definition) is 2. The molecule has 0 atom stereocenters. The molecular weight excluding hydrogens is 486 g/mol. The van der Waals surface area contributed by atoms with E-state index < -0.39 is 5.92 Å². The van der Waals surface area contributed by atoms with Gasteiger partial charge in [-0.05, 0) is 49.1 Å². The van der Waals surface area contributed by atoms with Gasteiger partial charge in [0, 0.05) is 85.0 Å². The topological polar surface area (TPSA) is 89.6 Å². The van der Waals surface area contributed by atoms with Gasteiger partial charge in [-0.15, -0.1) is 0 Å². The third-order valence-electron chi connectivity index (χ3n) is 7.66. The van der Waals surface area contributed by atoms with Crippen molar-refractivity contribution in [2.75, 3.05) is 31.1 Å². The fourth-order valence-corrected chi connectivity index (χ4v) is 5.75. The average molecular weight is 515 g/mol. The van der Waals surface area contributed by atoms with Crippen LogP contribution in [0.2, 0.25) is 0 Å². The standard InChI is InChI=1S/C28H28F2N8/c29-28(30)5-9-37(17-28)16-18-10-19(14-31-13-18)20-11-22-25(35-36-27(22)33-15-20)23-12-21-24(4-6-32-26(21)34-23)38-7-2-1-3-8-38/h4,6,10-15H,1-3,5,7-9,16-17H2,(H,32,34)(H,33,35,36). The molecule has 194 valence electrons. The second kappa shape index (κ2) is 9.13. The Bertz CT molecular complexity index is 1620. The maximum absolute atomic E-state index is 13.6. The summed E-state index contributed by atoms with van der Waals surface area (Å²) in [5, 5.41) is 9.61. The summed E-state index contributed by atoms with van der Waals surface area (Å²) in [6.07, 6.45) is 10.8. The lowest BCUT2D eigenvalue weighted by molar-refractivity contribution is 0.0115. The summed E-state index contributed by atoms with van der Waals surface area (Å²) in [7, 11) is 0. The van der Waals surface area contributed by atoms with Crippen LogP contribution in [0.1, 0.15) is 31.2 Å². The minimum Gasteiger partial charge on any atom is -0.371 e. The van der Waals surface area contributed by atoms with Crippen molar-refractivity contribution in [1.29, 1.82) is 0 Å². The normalized spacial score (nSPS) is 18.1. The van der Waals surface area contributed by atoms with Gasteiger partial charge in [0.15, 0.2) is 5.65 Å². The molecule has 2 N–H and O–H groups in total. The fourth-order valence-electron chi connectivity index (χ4n) is 5.75. The van der Waals surface area contributed by atoms with Crippen molar-refractivity contribution < 1.29 is 8.78 Å². The van der Waals surface area contributed by atoms with Crippen LogP contribution in [0.15, 0.2) is 49.1 Å². The lowest BCUT2D eigenvalue weighted by atomic mass is 10.1. The monoisotopic (exact) mass is 514 g/mol. The maximum atomic E-state index is 13.6. The van der Waals surface area contributed by atoms with Crippen LogP contribution in [-0.4, -0.2) is 67.1 Å². The highest BCUT2D eigenvalue weighted by Crippen LogP contribution is 2.34. The molecule has 2 saturated heterocycles. The summed E-state index contributed by atoms with van der Waals surface area (Å²) >= 11 is 0. The molecule has 0 radical (unpaired) electrons. The first-order valence-corrected chi connectivity index (χ1v) is 13.1. The third-order valence-corrected chi connectivity index (χ3v) is 7.66. The van der Waals surface area contributed by atoms with Crippen molar-refractivity contribution in [3.05, 3.63) is 54.6 Å². The Labute approximate surface area is 218 Å². The van der Waals surface area contributed by atoms with Crippen molar-refractivity contribution in [2.24, 2.45) is 0 Å². The van der Waals surface area contributed by atoms with Gasteiger partial charge in [0.1, 0.15) is 11.3 Å². The minimum atomic E-state index is -2.61. The number of hydrogen-bond acceptors (Lipinski definition) is 6. The number of rotatable bonds is 5. The van der Waals surface area contributed by atoms with Gasteiger partial charge in [-0.2, -0.15) is 5.10 Å². The van der Waals surface area contributed by atoms with E-state index in [0.717, 1.165) is 57.6 Å². The molecule has 7 heterocycles. The fraction of sp³-hybridized carbons (Fsp3) is 0.357. The lowest BCUT2D eigenvalue weighted by Gasteiger charge is -2.29. The Hall–Kier alpha value is -3.92. The van der Waals surface area contributed by atoms with Gasteiger partial charge in [0.2, 0.25) is 0 Å². The molecule has 0 saturated carbocycles. The third kappa shape index (κ3) is 4.28. The Morgan fingerprint density at radius 3 is 2.61 bits per heavy atom. The first-order valence-electron chi connectivity index (χ1n) is 13.1. The zero-order chi connectivity index (χ0) is 25.7. The van der Waals surface area contributed by atoms with Crippen LogP contribution in [-0.2, 0) is 6.54 Å². The Morgan fingerprint density at radius 1 is 0.895 bits per heavy atom. The highest BCUT2D eigenvalue weighted by Gasteiger charge is 2.37. The van der Waals surface area contributed by atoms with E-state index in [1.165, 1.54) is 24.9 Å². The van der Waals surface area contributed by atoms with Gasteiger partial charge in [0.05, 0.1) is 12.2 Å². The Morgan fingerprint density at radius 2 is 1.76 bits per heavy atom. The molecule has 0 unspecified atom stereocenters. The van der Waals surface area contributed by atoms with Crippen LogP contribution in [0.25, 0.3) is 44.6 Å². The SMILES string of the molecule is FC1(F)CCN(Cc2cncc(-c3cnc4[nH]nc(-c5cc6c(N7CCCCC7)ccnc6[nH]5)c4c3)c2)C1. The van der Waals surface area contributed by atoms with E-state index in [9.17, 15) is 8.78 Å². The molecule has 0 aromatic carbocycles. The van der Waals surface area contributed by atoms with Crippen LogP contribution in [0.4, 0.5) is 14.5 Å². The first kappa shape index (κ1) is 23.2. The van der Waals surface area contributed by atoms with Gasteiger partial charge in [0.25, 0.3) is 5.92 Å². The summed E-state index contributed by atoms with van der Waals surface area (Å²) in [6, 6.07) is 8.28. The Kier molecular flexibility index (Phi) is 5.57. The van der Waals surface area contributed by atoms with Crippen molar-refractivity contribution >= 4 is 27.8 Å². The van der Waals surface area contributed by atoms with Crippen LogP contribution in [0.3, 0.4) is 0 Å². The molecule has 10 heteroatoms. The van der Waals surface area contributed by atoms with Crippen molar-refractivity contribution in [1.82, 2.24) is 35.0 Å². The molecule has 5 aromatic heterocycles. The first-order chi connectivity index (χ1) is 18.5. The summed E-state index contributed by atoms with van der Waals surface area (Å²) in [6.45, 7) is 2.76. The Balaban J connectivity index is 1.22. The molecule has 2 aliphatic rings. The molecule has 0 amide bonds. The van der Waals surface area contributed by atoms with Gasteiger partial charge >= 0.3 is 0 Å². The zero-order valence-corrected chi connectivity index (χ0v) is 20.9. The van der Waals surface area contributed by atoms with Gasteiger partial charge in [-0.3, -0.25) is 15.0 Å². The van der Waals surface area contributed by atoms with Crippen molar-refractivity contribution in [2.45, 2.75) is 38.2 Å². The summed E-state index contributed by atoms with van der Waals surface area (Å²) in [5.74, 6) is -2.61. The number of anilines is 1. The number of H-pyrrole nitrogens is 2. The van der Waals surface area contributed by atoms with Gasteiger partial charge in [-0.25, -0.2) is 18.7 Å². The average Bonchev–Trinajstić information content (AvgIpc) is 3.64. The van der Waals surface area contributed by atoms with E-state index in [-0.39, 0.29) is 13.0 Å². The van der Waals surface area contributed by atoms with E-state index in [0.29, 0.717) is 18.7 Å². The maximum Gasteiger partial charge on any atom is 0.261 e. The number of pyridine rings is 3. The molecule has 2 aliphatic heterocycles. The molecule has 0 aliphatic carbocycles. The quantitative estimate of drug-likeness (QED) is 0.327. The van der Waals surface area contributed by atoms with Crippen molar-refractivity contribution in [3.8, 4) is 22.5 Å². The summed E-state index contributed by atoms with van der Waals surface area (Å²) in [4.78, 5) is 21.2. The minimum absolute atomic E-state index is 0.0905. The molecule has 2 fully saturated rings. The summed E-state index contributed by atoms with van der Waals surface area (Å²) in [5.41, 5.74) is 7.08. The molecule has 5 aromatic rings. The highest BCUT2D eigenvalue weighted by atomic mass is 19.3. The predicted molar refractivity (Wildman–Crippen MR) is 143 cm³/mol. The second-order valence-electron chi connectivity index (χ2n) is 10.4. The molecule has 7 rings (SSSR count). The number of halogens is 2. The molecule has 0 spiro atoms. The number of aromatic amines is 2. The van der Waals surface area contributed by atoms with E-state index in [4.69, 9.17) is 0 Å². The van der Waals surface area contributed by atoms with Gasteiger partial charge < -0.3 is 9.88 Å². The lowest BCUT2D eigenvalue weighted by Crippen LogP contribution is -2.29. The largest absolute Gasteiger partial charge is 0.371 e. The number of piperidine rings is 1. The highest BCUT2D eigenvalue weighted by molar-refractivity contribution is 5.98. The second-order valence-corrected chi connectivity index (χ2v) is 10.4. The van der Waals surface area contributed by atoms with Crippen molar-refractivity contribution in [3.63, 3.8) is 0 Å². The van der Waals surface area contributed by atoms with Gasteiger partial charge in [-0.1, -0.05) is 0 Å². The van der Waals surface area contributed by atoms with Crippen LogP contribution in [0.5, 0.6) is 0 Å². The number of fused-ring (bicyclic) bond motifs is 2. The van der Waals surface area contributed by atoms with Crippen LogP contribution in [0, 0.1) is 0 Å². The number of aromatic nitrogens is 6. The molecule has 0 bridgehead atoms. The van der Waals surface area contributed by atoms with Crippen LogP contribution >= 0.6 is 0 Å². The molecular formula is C28H28F2N8. The number of nitrogens with one attached hydrogen (secondary N) is 2. The number of nitrogens with zero attached hydrogens (tertiary/aromatic N) is 6. The predicted octanol–water partition coefficient (Wildman–Crippen LogP) is 5.39. The van der Waals surface area contributed by atoms with Crippen LogP contribution < -0.4 is 4.90 Å². The summed E-state index contributed by atoms with van der Waals surface area (Å²) < 4.78 is 27.3. The number of likely N-dealkylation sites (tertiary alicyclic amines) is 1. The van der Waals surface area contributed by atoms with E-state index in [1.54, 1.807) is 23.5 Å². The molecule has 38 heavy (non-hydrogen) atoms. The molecule has 8 nitrogen and oxygen atoms in total. The smallest absolute Gasteiger partial charge is 0.261 e. The van der Waals surface area contributed by atoms with E-state index in [2.05, 4.69) is 53.2 Å². The van der Waals surface area contributed by atoms with E-state index >= 15 is 0 Å².